The molecule has 0 spiro atoms. The average molecular weight is 453 g/mol. The van der Waals surface area contributed by atoms with Crippen LogP contribution in [0, 0.1) is 0 Å². The number of fused-ring (bicyclic) bond motifs is 1. The van der Waals surface area contributed by atoms with E-state index in [0.717, 1.165) is 48.4 Å². The van der Waals surface area contributed by atoms with Crippen molar-refractivity contribution >= 4 is 5.91 Å². The van der Waals surface area contributed by atoms with Gasteiger partial charge in [-0.2, -0.15) is 31.4 Å². The average Bonchev–Trinajstić information content (AvgIpc) is 3.20. The third-order valence-corrected chi connectivity index (χ3v) is 5.38. The molecular formula is C22H17F6N3O. The van der Waals surface area contributed by atoms with Gasteiger partial charge < -0.3 is 5.32 Å². The number of aromatic nitrogens is 2. The molecular weight excluding hydrogens is 436 g/mol. The maximum atomic E-state index is 13.9. The quantitative estimate of drug-likeness (QED) is 0.516. The molecule has 32 heavy (non-hydrogen) atoms. The fourth-order valence-corrected chi connectivity index (χ4v) is 3.94. The van der Waals surface area contributed by atoms with Gasteiger partial charge in [-0.15, -0.1) is 0 Å². The highest BCUT2D eigenvalue weighted by molar-refractivity contribution is 5.95. The molecule has 0 fully saturated rings. The standard InChI is InChI=1S/C22H17F6N3O/c23-21(24,25)14-7-4-8-15(11-14)31-19(22(26,27)28)17(12-29-31)20(32)30-18-10-3-6-13-5-1-2-9-16(13)18/h1-2,4-5,7-9,11-12,18H,3,6,10H2,(H,30,32). The van der Waals surface area contributed by atoms with Gasteiger partial charge in [0.1, 0.15) is 0 Å². The summed E-state index contributed by atoms with van der Waals surface area (Å²) < 4.78 is 81.0. The summed E-state index contributed by atoms with van der Waals surface area (Å²) in [5.74, 6) is -0.989. The van der Waals surface area contributed by atoms with E-state index in [2.05, 4.69) is 10.4 Å². The number of rotatable bonds is 3. The van der Waals surface area contributed by atoms with Crippen molar-refractivity contribution in [3.05, 3.63) is 82.7 Å². The van der Waals surface area contributed by atoms with Gasteiger partial charge in [0.25, 0.3) is 5.91 Å². The molecule has 1 aliphatic rings. The molecule has 0 saturated carbocycles. The number of benzene rings is 2. The number of carbonyl (C=O) groups is 1. The first kappa shape index (κ1) is 21.9. The van der Waals surface area contributed by atoms with Crippen LogP contribution >= 0.6 is 0 Å². The Morgan fingerprint density at radius 3 is 2.47 bits per heavy atom. The molecule has 1 aliphatic carbocycles. The third-order valence-electron chi connectivity index (χ3n) is 5.38. The third kappa shape index (κ3) is 4.21. The number of carbonyl (C=O) groups excluding carboxylic acids is 1. The van der Waals surface area contributed by atoms with Gasteiger partial charge in [0, 0.05) is 0 Å². The summed E-state index contributed by atoms with van der Waals surface area (Å²) >= 11 is 0. The van der Waals surface area contributed by atoms with E-state index in [9.17, 15) is 31.1 Å². The fourth-order valence-electron chi connectivity index (χ4n) is 3.94. The predicted octanol–water partition coefficient (Wildman–Crippen LogP) is 5.72. The molecule has 1 N–H and O–H groups in total. The Labute approximate surface area is 178 Å². The van der Waals surface area contributed by atoms with E-state index >= 15 is 0 Å². The summed E-state index contributed by atoms with van der Waals surface area (Å²) in [6.45, 7) is 0. The molecule has 1 heterocycles. The van der Waals surface area contributed by atoms with E-state index in [1.807, 2.05) is 18.2 Å². The van der Waals surface area contributed by atoms with E-state index in [1.165, 1.54) is 0 Å². The summed E-state index contributed by atoms with van der Waals surface area (Å²) in [7, 11) is 0. The van der Waals surface area contributed by atoms with Gasteiger partial charge in [-0.05, 0) is 48.6 Å². The highest BCUT2D eigenvalue weighted by Crippen LogP contribution is 2.36. The van der Waals surface area contributed by atoms with Gasteiger partial charge in [-0.25, -0.2) is 4.68 Å². The van der Waals surface area contributed by atoms with Crippen LogP contribution in [0.5, 0.6) is 0 Å². The van der Waals surface area contributed by atoms with Crippen molar-refractivity contribution in [2.45, 2.75) is 37.7 Å². The molecule has 1 unspecified atom stereocenters. The zero-order valence-corrected chi connectivity index (χ0v) is 16.5. The molecule has 1 amide bonds. The topological polar surface area (TPSA) is 46.9 Å². The maximum absolute atomic E-state index is 13.9. The second kappa shape index (κ2) is 7.99. The molecule has 0 radical (unpaired) electrons. The van der Waals surface area contributed by atoms with E-state index in [1.54, 1.807) is 6.07 Å². The Bertz CT molecular complexity index is 1150. The van der Waals surface area contributed by atoms with Crippen LogP contribution in [-0.4, -0.2) is 15.7 Å². The number of halogens is 6. The SMILES string of the molecule is O=C(NC1CCCc2ccccc21)c1cnn(-c2cccc(C(F)(F)F)c2)c1C(F)(F)F. The number of nitrogens with zero attached hydrogens (tertiary/aromatic N) is 2. The lowest BCUT2D eigenvalue weighted by atomic mass is 9.87. The molecule has 4 nitrogen and oxygen atoms in total. The Morgan fingerprint density at radius 1 is 1.00 bits per heavy atom. The first-order valence-electron chi connectivity index (χ1n) is 9.77. The lowest BCUT2D eigenvalue weighted by Gasteiger charge is -2.26. The molecule has 1 atom stereocenters. The van der Waals surface area contributed by atoms with E-state index < -0.39 is 46.8 Å². The Morgan fingerprint density at radius 2 is 1.75 bits per heavy atom. The number of nitrogens with one attached hydrogen (secondary N) is 1. The van der Waals surface area contributed by atoms with Crippen LogP contribution in [0.3, 0.4) is 0 Å². The molecule has 0 aliphatic heterocycles. The van der Waals surface area contributed by atoms with Gasteiger partial charge in [0.05, 0.1) is 29.1 Å². The van der Waals surface area contributed by atoms with E-state index in [-0.39, 0.29) is 0 Å². The van der Waals surface area contributed by atoms with Crippen molar-refractivity contribution in [2.75, 3.05) is 0 Å². The highest BCUT2D eigenvalue weighted by Gasteiger charge is 2.41. The minimum absolute atomic E-state index is 0.318. The number of amides is 1. The lowest BCUT2D eigenvalue weighted by Crippen LogP contribution is -2.32. The summed E-state index contributed by atoms with van der Waals surface area (Å²) in [5, 5.41) is 6.23. The number of alkyl halides is 6. The largest absolute Gasteiger partial charge is 0.434 e. The van der Waals surface area contributed by atoms with Gasteiger partial charge in [0.2, 0.25) is 0 Å². The minimum Gasteiger partial charge on any atom is -0.345 e. The first-order chi connectivity index (χ1) is 15.1. The van der Waals surface area contributed by atoms with Crippen molar-refractivity contribution in [3.63, 3.8) is 0 Å². The molecule has 1 aromatic heterocycles. The molecule has 168 valence electrons. The molecule has 0 bridgehead atoms. The van der Waals surface area contributed by atoms with Crippen LogP contribution in [0.15, 0.2) is 54.7 Å². The van der Waals surface area contributed by atoms with Crippen molar-refractivity contribution in [3.8, 4) is 5.69 Å². The Kier molecular flexibility index (Phi) is 5.47. The number of hydrogen-bond acceptors (Lipinski definition) is 2. The lowest BCUT2D eigenvalue weighted by molar-refractivity contribution is -0.143. The summed E-state index contributed by atoms with van der Waals surface area (Å²) in [6, 6.07) is 10.2. The van der Waals surface area contributed by atoms with Crippen LogP contribution in [0.1, 0.15) is 51.6 Å². The van der Waals surface area contributed by atoms with E-state index in [4.69, 9.17) is 0 Å². The van der Waals surface area contributed by atoms with Crippen molar-refractivity contribution in [2.24, 2.45) is 0 Å². The van der Waals surface area contributed by atoms with Gasteiger partial charge in [-0.1, -0.05) is 30.3 Å². The Balaban J connectivity index is 1.71. The number of hydrogen-bond donors (Lipinski definition) is 1. The minimum atomic E-state index is -5.03. The molecule has 10 heteroatoms. The van der Waals surface area contributed by atoms with Crippen LogP contribution in [0.2, 0.25) is 0 Å². The predicted molar refractivity (Wildman–Crippen MR) is 103 cm³/mol. The van der Waals surface area contributed by atoms with E-state index in [0.29, 0.717) is 17.2 Å². The second-order valence-electron chi connectivity index (χ2n) is 7.48. The fraction of sp³-hybridized carbons (Fsp3) is 0.273. The maximum Gasteiger partial charge on any atom is 0.434 e. The van der Waals surface area contributed by atoms with Crippen molar-refractivity contribution in [1.29, 1.82) is 0 Å². The highest BCUT2D eigenvalue weighted by atomic mass is 19.4. The number of aryl methyl sites for hydroxylation is 1. The normalized spacial score (nSPS) is 16.5. The smallest absolute Gasteiger partial charge is 0.345 e. The van der Waals surface area contributed by atoms with Crippen LogP contribution in [0.4, 0.5) is 26.3 Å². The van der Waals surface area contributed by atoms with Gasteiger partial charge >= 0.3 is 12.4 Å². The summed E-state index contributed by atoms with van der Waals surface area (Å²) in [4.78, 5) is 12.8. The molecule has 0 saturated heterocycles. The van der Waals surface area contributed by atoms with Gasteiger partial charge in [-0.3, -0.25) is 4.79 Å². The Hall–Kier alpha value is -3.30. The first-order valence-corrected chi connectivity index (χ1v) is 9.77. The zero-order chi connectivity index (χ0) is 23.1. The van der Waals surface area contributed by atoms with Crippen LogP contribution in [0.25, 0.3) is 5.69 Å². The van der Waals surface area contributed by atoms with Crippen LogP contribution < -0.4 is 5.32 Å². The van der Waals surface area contributed by atoms with Crippen molar-refractivity contribution in [1.82, 2.24) is 15.1 Å². The molecule has 2 aromatic carbocycles. The molecule has 4 rings (SSSR count). The second-order valence-corrected chi connectivity index (χ2v) is 7.48. The monoisotopic (exact) mass is 453 g/mol. The summed E-state index contributed by atoms with van der Waals surface area (Å²) in [5.41, 5.74) is -1.90. The van der Waals surface area contributed by atoms with Gasteiger partial charge in [0.15, 0.2) is 5.69 Å². The zero-order valence-electron chi connectivity index (χ0n) is 16.5. The van der Waals surface area contributed by atoms with Crippen molar-refractivity contribution < 1.29 is 31.1 Å². The summed E-state index contributed by atoms with van der Waals surface area (Å²) in [6.07, 6.45) is -6.90. The molecule has 3 aromatic rings. The van der Waals surface area contributed by atoms with Crippen LogP contribution in [-0.2, 0) is 18.8 Å².